The zero-order valence-electron chi connectivity index (χ0n) is 10.1. The zero-order valence-corrected chi connectivity index (χ0v) is 10.1. The maximum Gasteiger partial charge on any atom is 0.130 e. The number of anilines is 2. The fraction of sp³-hybridized carbons (Fsp3) is 0.583. The minimum absolute atomic E-state index is 0.836. The molecule has 0 unspecified atom stereocenters. The van der Waals surface area contributed by atoms with Crippen molar-refractivity contribution in [1.82, 2.24) is 9.88 Å². The van der Waals surface area contributed by atoms with Gasteiger partial charge in [-0.05, 0) is 19.0 Å². The molecule has 1 saturated heterocycles. The van der Waals surface area contributed by atoms with Crippen LogP contribution in [-0.2, 0) is 0 Å². The first-order valence-corrected chi connectivity index (χ1v) is 5.90. The number of pyridine rings is 1. The van der Waals surface area contributed by atoms with Gasteiger partial charge in [0.25, 0.3) is 0 Å². The highest BCUT2D eigenvalue weighted by Gasteiger charge is 2.16. The molecule has 4 heteroatoms. The van der Waals surface area contributed by atoms with Crippen LogP contribution in [-0.4, -0.2) is 42.6 Å². The molecule has 1 aliphatic heterocycles. The van der Waals surface area contributed by atoms with E-state index in [9.17, 15) is 0 Å². The number of nitrogens with zero attached hydrogens (tertiary/aromatic N) is 3. The van der Waals surface area contributed by atoms with Gasteiger partial charge in [-0.2, -0.15) is 0 Å². The molecule has 0 amide bonds. The molecule has 88 valence electrons. The van der Waals surface area contributed by atoms with E-state index in [-0.39, 0.29) is 0 Å². The molecule has 0 radical (unpaired) electrons. The van der Waals surface area contributed by atoms with Crippen molar-refractivity contribution < 1.29 is 0 Å². The molecule has 1 aromatic rings. The highest BCUT2D eigenvalue weighted by Crippen LogP contribution is 2.18. The van der Waals surface area contributed by atoms with Gasteiger partial charge in [-0.15, -0.1) is 0 Å². The van der Waals surface area contributed by atoms with E-state index >= 15 is 0 Å². The summed E-state index contributed by atoms with van der Waals surface area (Å²) < 4.78 is 0. The number of hydrogen-bond acceptors (Lipinski definition) is 4. The van der Waals surface area contributed by atoms with Crippen molar-refractivity contribution >= 4 is 11.5 Å². The predicted molar refractivity (Wildman–Crippen MR) is 67.7 cm³/mol. The van der Waals surface area contributed by atoms with Crippen molar-refractivity contribution in [3.63, 3.8) is 0 Å². The number of nitrogens with two attached hydrogens (primary N) is 1. The maximum atomic E-state index is 5.90. The lowest BCUT2D eigenvalue weighted by molar-refractivity contribution is 0.270. The van der Waals surface area contributed by atoms with Crippen molar-refractivity contribution in [2.45, 2.75) is 13.8 Å². The highest BCUT2D eigenvalue weighted by molar-refractivity contribution is 5.54. The number of likely N-dealkylation sites (N-methyl/N-ethyl adjacent to an activating group) is 1. The smallest absolute Gasteiger partial charge is 0.130 e. The van der Waals surface area contributed by atoms with Crippen molar-refractivity contribution in [1.29, 1.82) is 0 Å². The Morgan fingerprint density at radius 1 is 1.31 bits per heavy atom. The second kappa shape index (κ2) is 4.70. The van der Waals surface area contributed by atoms with Crippen LogP contribution in [0.4, 0.5) is 11.5 Å². The molecule has 0 bridgehead atoms. The van der Waals surface area contributed by atoms with Gasteiger partial charge >= 0.3 is 0 Å². The summed E-state index contributed by atoms with van der Waals surface area (Å²) in [7, 11) is 0. The fourth-order valence-corrected chi connectivity index (χ4v) is 1.99. The van der Waals surface area contributed by atoms with Crippen LogP contribution in [0.1, 0.15) is 12.5 Å². The zero-order chi connectivity index (χ0) is 11.5. The van der Waals surface area contributed by atoms with Crippen molar-refractivity contribution in [3.8, 4) is 0 Å². The molecule has 2 heterocycles. The Labute approximate surface area is 97.1 Å². The van der Waals surface area contributed by atoms with Crippen molar-refractivity contribution in [2.75, 3.05) is 43.4 Å². The molecule has 0 atom stereocenters. The van der Waals surface area contributed by atoms with E-state index in [1.54, 1.807) is 0 Å². The molecule has 1 fully saturated rings. The molecule has 1 aliphatic rings. The van der Waals surface area contributed by atoms with Gasteiger partial charge in [0.1, 0.15) is 5.82 Å². The van der Waals surface area contributed by atoms with E-state index in [0.29, 0.717) is 0 Å². The van der Waals surface area contributed by atoms with Gasteiger partial charge in [-0.3, -0.25) is 0 Å². The minimum atomic E-state index is 0.836. The van der Waals surface area contributed by atoms with Gasteiger partial charge in [0.2, 0.25) is 0 Å². The molecule has 4 nitrogen and oxygen atoms in total. The van der Waals surface area contributed by atoms with Crippen LogP contribution in [0.2, 0.25) is 0 Å². The van der Waals surface area contributed by atoms with Gasteiger partial charge in [-0.25, -0.2) is 4.98 Å². The fourth-order valence-electron chi connectivity index (χ4n) is 1.99. The molecule has 16 heavy (non-hydrogen) atoms. The van der Waals surface area contributed by atoms with Gasteiger partial charge in [0.05, 0.1) is 0 Å². The molecule has 0 aromatic carbocycles. The molecule has 1 aromatic heterocycles. The van der Waals surface area contributed by atoms with E-state index in [1.165, 1.54) is 0 Å². The van der Waals surface area contributed by atoms with Gasteiger partial charge in [0.15, 0.2) is 0 Å². The second-order valence-corrected chi connectivity index (χ2v) is 4.32. The predicted octanol–water partition coefficient (Wildman–Crippen LogP) is 1.11. The normalized spacial score (nSPS) is 17.8. The Kier molecular flexibility index (Phi) is 3.29. The number of piperazine rings is 1. The summed E-state index contributed by atoms with van der Waals surface area (Å²) in [6.45, 7) is 9.65. The molecule has 0 spiro atoms. The van der Waals surface area contributed by atoms with Crippen LogP contribution < -0.4 is 10.6 Å². The first-order chi connectivity index (χ1) is 7.70. The summed E-state index contributed by atoms with van der Waals surface area (Å²) >= 11 is 0. The van der Waals surface area contributed by atoms with E-state index < -0.39 is 0 Å². The quantitative estimate of drug-likeness (QED) is 0.811. The summed E-state index contributed by atoms with van der Waals surface area (Å²) in [5.74, 6) is 1.01. The number of rotatable bonds is 2. The Bertz CT molecular complexity index is 356. The molecular formula is C12H20N4. The van der Waals surface area contributed by atoms with Crippen LogP contribution in [0.3, 0.4) is 0 Å². The molecule has 0 saturated carbocycles. The van der Waals surface area contributed by atoms with Gasteiger partial charge in [-0.1, -0.05) is 6.92 Å². The maximum absolute atomic E-state index is 5.90. The Morgan fingerprint density at radius 2 is 2.00 bits per heavy atom. The topological polar surface area (TPSA) is 45.4 Å². The van der Waals surface area contributed by atoms with Crippen LogP contribution in [0.5, 0.6) is 0 Å². The lowest BCUT2D eigenvalue weighted by Gasteiger charge is -2.34. The standard InChI is InChI=1S/C12H20N4/c1-3-15-4-6-16(7-5-15)12-8-11(13)10(2)9-14-12/h8-9H,3-7H2,1-2H3,(H2,13,14). The molecular weight excluding hydrogens is 200 g/mol. The van der Waals surface area contributed by atoms with E-state index in [0.717, 1.165) is 49.8 Å². The third-order valence-electron chi connectivity index (χ3n) is 3.27. The summed E-state index contributed by atoms with van der Waals surface area (Å²) in [6, 6.07) is 1.98. The Morgan fingerprint density at radius 3 is 2.56 bits per heavy atom. The third kappa shape index (κ3) is 2.27. The summed E-state index contributed by atoms with van der Waals surface area (Å²) in [5.41, 5.74) is 7.79. The number of hydrogen-bond donors (Lipinski definition) is 1. The number of aromatic nitrogens is 1. The SMILES string of the molecule is CCN1CCN(c2cc(N)c(C)cn2)CC1. The van der Waals surface area contributed by atoms with Crippen LogP contribution in [0.15, 0.2) is 12.3 Å². The number of aryl methyl sites for hydroxylation is 1. The van der Waals surface area contributed by atoms with E-state index in [4.69, 9.17) is 5.73 Å². The summed E-state index contributed by atoms with van der Waals surface area (Å²) in [5, 5.41) is 0. The lowest BCUT2D eigenvalue weighted by atomic mass is 10.2. The summed E-state index contributed by atoms with van der Waals surface area (Å²) in [6.07, 6.45) is 1.86. The van der Waals surface area contributed by atoms with Crippen molar-refractivity contribution in [3.05, 3.63) is 17.8 Å². The lowest BCUT2D eigenvalue weighted by Crippen LogP contribution is -2.46. The van der Waals surface area contributed by atoms with E-state index in [1.807, 2.05) is 19.2 Å². The largest absolute Gasteiger partial charge is 0.398 e. The average Bonchev–Trinajstić information content (AvgIpc) is 2.33. The Balaban J connectivity index is 2.05. The molecule has 2 rings (SSSR count). The summed E-state index contributed by atoms with van der Waals surface area (Å²) in [4.78, 5) is 9.20. The van der Waals surface area contributed by atoms with Crippen LogP contribution in [0, 0.1) is 6.92 Å². The monoisotopic (exact) mass is 220 g/mol. The first kappa shape index (κ1) is 11.2. The number of nitrogen functional groups attached to an aromatic ring is 1. The van der Waals surface area contributed by atoms with Gasteiger partial charge < -0.3 is 15.5 Å². The second-order valence-electron chi connectivity index (χ2n) is 4.32. The Hall–Kier alpha value is -1.29. The van der Waals surface area contributed by atoms with E-state index in [2.05, 4.69) is 21.7 Å². The van der Waals surface area contributed by atoms with Crippen molar-refractivity contribution in [2.24, 2.45) is 0 Å². The molecule has 0 aliphatic carbocycles. The average molecular weight is 220 g/mol. The van der Waals surface area contributed by atoms with Gasteiger partial charge in [0, 0.05) is 44.1 Å². The third-order valence-corrected chi connectivity index (χ3v) is 3.27. The van der Waals surface area contributed by atoms with Crippen LogP contribution >= 0.6 is 0 Å². The van der Waals surface area contributed by atoms with Crippen LogP contribution in [0.25, 0.3) is 0 Å². The minimum Gasteiger partial charge on any atom is -0.398 e. The highest BCUT2D eigenvalue weighted by atomic mass is 15.3. The molecule has 2 N–H and O–H groups in total. The first-order valence-electron chi connectivity index (χ1n) is 5.90.